The molecule has 3 nitrogen and oxygen atoms in total. The van der Waals surface area contributed by atoms with Gasteiger partial charge in [0.2, 0.25) is 0 Å². The summed E-state index contributed by atoms with van der Waals surface area (Å²) >= 11 is 5.69. The van der Waals surface area contributed by atoms with Crippen LogP contribution in [0.3, 0.4) is 0 Å². The van der Waals surface area contributed by atoms with Crippen LogP contribution in [0.25, 0.3) is 0 Å². The molecule has 1 N–H and O–H groups in total. The van der Waals surface area contributed by atoms with Gasteiger partial charge in [0.05, 0.1) is 5.02 Å². The third-order valence-corrected chi connectivity index (χ3v) is 3.77. The predicted molar refractivity (Wildman–Crippen MR) is 77.3 cm³/mol. The highest BCUT2D eigenvalue weighted by atomic mass is 35.5. The SMILES string of the molecule is O=C(c1ccc(F)c(Cl)c1)c1ccc2c(c1)C(=O)NCC2. The third kappa shape index (κ3) is 2.54. The molecule has 1 amide bonds. The van der Waals surface area contributed by atoms with Crippen LogP contribution in [0.5, 0.6) is 0 Å². The maximum absolute atomic E-state index is 13.1. The van der Waals surface area contributed by atoms with E-state index < -0.39 is 5.82 Å². The molecule has 0 aromatic heterocycles. The Balaban J connectivity index is 2.00. The molecular weight excluding hydrogens is 293 g/mol. The molecule has 1 heterocycles. The Morgan fingerprint density at radius 2 is 1.86 bits per heavy atom. The van der Waals surface area contributed by atoms with Gasteiger partial charge < -0.3 is 5.32 Å². The predicted octanol–water partition coefficient (Wildman–Crippen LogP) is 3.00. The molecular formula is C16H11ClFNO2. The molecule has 2 aromatic rings. The molecule has 0 radical (unpaired) electrons. The van der Waals surface area contributed by atoms with E-state index in [1.807, 2.05) is 0 Å². The van der Waals surface area contributed by atoms with Gasteiger partial charge in [-0.15, -0.1) is 0 Å². The van der Waals surface area contributed by atoms with E-state index in [0.29, 0.717) is 17.7 Å². The molecule has 2 aromatic carbocycles. The third-order valence-electron chi connectivity index (χ3n) is 3.48. The van der Waals surface area contributed by atoms with E-state index >= 15 is 0 Å². The van der Waals surface area contributed by atoms with Crippen LogP contribution in [0.4, 0.5) is 4.39 Å². The Labute approximate surface area is 125 Å². The van der Waals surface area contributed by atoms with Crippen LogP contribution in [-0.2, 0) is 6.42 Å². The highest BCUT2D eigenvalue weighted by Crippen LogP contribution is 2.21. The van der Waals surface area contributed by atoms with Crippen molar-refractivity contribution in [2.24, 2.45) is 0 Å². The number of hydrogen-bond acceptors (Lipinski definition) is 2. The highest BCUT2D eigenvalue weighted by molar-refractivity contribution is 6.31. The molecule has 5 heteroatoms. The van der Waals surface area contributed by atoms with E-state index in [9.17, 15) is 14.0 Å². The smallest absolute Gasteiger partial charge is 0.251 e. The van der Waals surface area contributed by atoms with Crippen LogP contribution in [0.1, 0.15) is 31.8 Å². The Kier molecular flexibility index (Phi) is 3.47. The van der Waals surface area contributed by atoms with Gasteiger partial charge in [0.1, 0.15) is 5.82 Å². The first-order chi connectivity index (χ1) is 10.1. The van der Waals surface area contributed by atoms with Crippen LogP contribution in [0.15, 0.2) is 36.4 Å². The molecule has 0 saturated carbocycles. The van der Waals surface area contributed by atoms with E-state index in [1.165, 1.54) is 12.1 Å². The van der Waals surface area contributed by atoms with Crippen molar-refractivity contribution in [3.8, 4) is 0 Å². The van der Waals surface area contributed by atoms with Gasteiger partial charge in [-0.1, -0.05) is 23.7 Å². The Morgan fingerprint density at radius 3 is 2.62 bits per heavy atom. The van der Waals surface area contributed by atoms with E-state index in [4.69, 9.17) is 11.6 Å². The van der Waals surface area contributed by atoms with Gasteiger partial charge in [-0.25, -0.2) is 4.39 Å². The quantitative estimate of drug-likeness (QED) is 0.867. The summed E-state index contributed by atoms with van der Waals surface area (Å²) < 4.78 is 13.1. The minimum atomic E-state index is -0.571. The summed E-state index contributed by atoms with van der Waals surface area (Å²) in [4.78, 5) is 24.2. The van der Waals surface area contributed by atoms with Crippen LogP contribution >= 0.6 is 11.6 Å². The molecule has 0 fully saturated rings. The fourth-order valence-corrected chi connectivity index (χ4v) is 2.54. The van der Waals surface area contributed by atoms with Crippen LogP contribution in [0.2, 0.25) is 5.02 Å². The van der Waals surface area contributed by atoms with Crippen LogP contribution in [0, 0.1) is 5.82 Å². The number of halogens is 2. The number of benzene rings is 2. The fraction of sp³-hybridized carbons (Fsp3) is 0.125. The van der Waals surface area contributed by atoms with Crippen molar-refractivity contribution >= 4 is 23.3 Å². The Hall–Kier alpha value is -2.20. The van der Waals surface area contributed by atoms with Crippen molar-refractivity contribution in [1.82, 2.24) is 5.32 Å². The summed E-state index contributed by atoms with van der Waals surface area (Å²) in [6.45, 7) is 0.604. The number of carbonyl (C=O) groups is 2. The number of fused-ring (bicyclic) bond motifs is 1. The summed E-state index contributed by atoms with van der Waals surface area (Å²) in [7, 11) is 0. The fourth-order valence-electron chi connectivity index (χ4n) is 2.36. The molecule has 3 rings (SSSR count). The first-order valence-corrected chi connectivity index (χ1v) is 6.85. The second-order valence-electron chi connectivity index (χ2n) is 4.84. The summed E-state index contributed by atoms with van der Waals surface area (Å²) in [5.41, 5.74) is 2.11. The molecule has 1 aliphatic heterocycles. The van der Waals surface area contributed by atoms with Crippen LogP contribution < -0.4 is 5.32 Å². The second-order valence-corrected chi connectivity index (χ2v) is 5.24. The zero-order valence-corrected chi connectivity index (χ0v) is 11.7. The van der Waals surface area contributed by atoms with Crippen molar-refractivity contribution in [3.05, 3.63) is 69.5 Å². The van der Waals surface area contributed by atoms with Gasteiger partial charge in [-0.05, 0) is 36.2 Å². The van der Waals surface area contributed by atoms with Gasteiger partial charge in [0, 0.05) is 23.2 Å². The Bertz CT molecular complexity index is 758. The average Bonchev–Trinajstić information content (AvgIpc) is 2.49. The molecule has 0 atom stereocenters. The number of ketones is 1. The van der Waals surface area contributed by atoms with E-state index in [-0.39, 0.29) is 22.3 Å². The zero-order chi connectivity index (χ0) is 15.0. The molecule has 0 bridgehead atoms. The first kappa shape index (κ1) is 13.8. The lowest BCUT2D eigenvalue weighted by Gasteiger charge is -2.16. The van der Waals surface area contributed by atoms with E-state index in [1.54, 1.807) is 18.2 Å². The monoisotopic (exact) mass is 303 g/mol. The lowest BCUT2D eigenvalue weighted by Crippen LogP contribution is -2.32. The highest BCUT2D eigenvalue weighted by Gasteiger charge is 2.19. The minimum Gasteiger partial charge on any atom is -0.352 e. The number of rotatable bonds is 2. The minimum absolute atomic E-state index is 0.100. The van der Waals surface area contributed by atoms with Crippen molar-refractivity contribution in [2.75, 3.05) is 6.54 Å². The number of hydrogen-bond donors (Lipinski definition) is 1. The van der Waals surface area contributed by atoms with Gasteiger partial charge in [-0.3, -0.25) is 9.59 Å². The van der Waals surface area contributed by atoms with Gasteiger partial charge in [0.15, 0.2) is 5.78 Å². The Morgan fingerprint density at radius 1 is 1.14 bits per heavy atom. The molecule has 21 heavy (non-hydrogen) atoms. The molecule has 0 unspecified atom stereocenters. The summed E-state index contributed by atoms with van der Waals surface area (Å²) in [6.07, 6.45) is 0.748. The van der Waals surface area contributed by atoms with Crippen molar-refractivity contribution in [3.63, 3.8) is 0 Å². The standard InChI is InChI=1S/C16H11ClFNO2/c17-13-8-11(3-4-14(13)18)15(20)10-2-1-9-5-6-19-16(21)12(9)7-10/h1-4,7-8H,5-6H2,(H,19,21). The van der Waals surface area contributed by atoms with Gasteiger partial charge >= 0.3 is 0 Å². The van der Waals surface area contributed by atoms with Gasteiger partial charge in [-0.2, -0.15) is 0 Å². The maximum atomic E-state index is 13.1. The summed E-state index contributed by atoms with van der Waals surface area (Å²) in [6, 6.07) is 8.86. The normalized spacial score (nSPS) is 13.5. The summed E-state index contributed by atoms with van der Waals surface area (Å²) in [5.74, 6) is -1.04. The van der Waals surface area contributed by atoms with E-state index in [0.717, 1.165) is 18.1 Å². The molecule has 0 aliphatic carbocycles. The average molecular weight is 304 g/mol. The lowest BCUT2D eigenvalue weighted by atomic mass is 9.94. The van der Waals surface area contributed by atoms with E-state index in [2.05, 4.69) is 5.32 Å². The second kappa shape index (κ2) is 5.30. The van der Waals surface area contributed by atoms with Crippen LogP contribution in [-0.4, -0.2) is 18.2 Å². The molecule has 106 valence electrons. The number of amides is 1. The topological polar surface area (TPSA) is 46.2 Å². The van der Waals surface area contributed by atoms with Crippen molar-refractivity contribution in [2.45, 2.75) is 6.42 Å². The number of nitrogens with one attached hydrogen (secondary N) is 1. The van der Waals surface area contributed by atoms with Crippen molar-refractivity contribution < 1.29 is 14.0 Å². The first-order valence-electron chi connectivity index (χ1n) is 6.47. The molecule has 1 aliphatic rings. The number of carbonyl (C=O) groups excluding carboxylic acids is 2. The zero-order valence-electron chi connectivity index (χ0n) is 11.0. The maximum Gasteiger partial charge on any atom is 0.251 e. The molecule has 0 spiro atoms. The largest absolute Gasteiger partial charge is 0.352 e. The summed E-state index contributed by atoms with van der Waals surface area (Å²) in [5, 5.41) is 2.64. The van der Waals surface area contributed by atoms with Gasteiger partial charge in [0.25, 0.3) is 5.91 Å². The lowest BCUT2D eigenvalue weighted by molar-refractivity contribution is 0.0946. The van der Waals surface area contributed by atoms with Crippen molar-refractivity contribution in [1.29, 1.82) is 0 Å². The molecule has 0 saturated heterocycles.